The molecular weight excluding hydrogens is 285 g/mol. The number of sulfonamides is 1. The third-order valence-electron chi connectivity index (χ3n) is 3.41. The molecule has 2 rings (SSSR count). The lowest BCUT2D eigenvalue weighted by Crippen LogP contribution is -2.55. The quantitative estimate of drug-likeness (QED) is 0.765. The van der Waals surface area contributed by atoms with Gasteiger partial charge in [0.1, 0.15) is 11.9 Å². The Morgan fingerprint density at radius 1 is 1.45 bits per heavy atom. The van der Waals surface area contributed by atoms with Gasteiger partial charge in [-0.05, 0) is 26.0 Å². The zero-order valence-corrected chi connectivity index (χ0v) is 12.0. The first-order valence-electron chi connectivity index (χ1n) is 6.10. The SMILES string of the molecule is Cc1c(N)cc(S(=O)(=O)N2CCNC(=O)C2C)cc1F. The standard InChI is InChI=1S/C12H16FN3O3S/c1-7-10(13)5-9(6-11(7)14)20(18,19)16-4-3-15-12(17)8(16)2/h5-6,8H,3-4,14H2,1-2H3,(H,15,17). The minimum Gasteiger partial charge on any atom is -0.398 e. The molecule has 1 aromatic carbocycles. The number of nitrogens with zero attached hydrogens (tertiary/aromatic N) is 1. The van der Waals surface area contributed by atoms with Crippen LogP contribution in [-0.4, -0.2) is 37.8 Å². The van der Waals surface area contributed by atoms with Crippen molar-refractivity contribution in [1.29, 1.82) is 0 Å². The number of anilines is 1. The molecule has 0 saturated carbocycles. The maximum absolute atomic E-state index is 13.7. The van der Waals surface area contributed by atoms with Gasteiger partial charge in [0, 0.05) is 24.3 Å². The number of nitrogens with two attached hydrogens (primary N) is 1. The summed E-state index contributed by atoms with van der Waals surface area (Å²) in [5.74, 6) is -1.06. The third kappa shape index (κ3) is 2.36. The Balaban J connectivity index is 2.47. The van der Waals surface area contributed by atoms with E-state index in [-0.39, 0.29) is 35.1 Å². The molecule has 0 bridgehead atoms. The highest BCUT2D eigenvalue weighted by atomic mass is 32.2. The van der Waals surface area contributed by atoms with Crippen LogP contribution >= 0.6 is 0 Å². The molecule has 1 atom stereocenters. The Hall–Kier alpha value is -1.67. The van der Waals surface area contributed by atoms with E-state index in [2.05, 4.69) is 5.32 Å². The molecule has 8 heteroatoms. The number of carbonyl (C=O) groups excluding carboxylic acids is 1. The van der Waals surface area contributed by atoms with Gasteiger partial charge in [0.05, 0.1) is 4.90 Å². The number of nitrogens with one attached hydrogen (secondary N) is 1. The van der Waals surface area contributed by atoms with Crippen molar-refractivity contribution in [3.63, 3.8) is 0 Å². The Morgan fingerprint density at radius 2 is 2.10 bits per heavy atom. The molecule has 1 aromatic rings. The highest BCUT2D eigenvalue weighted by Crippen LogP contribution is 2.25. The van der Waals surface area contributed by atoms with E-state index >= 15 is 0 Å². The fourth-order valence-electron chi connectivity index (χ4n) is 2.05. The van der Waals surface area contributed by atoms with E-state index in [9.17, 15) is 17.6 Å². The van der Waals surface area contributed by atoms with Gasteiger partial charge in [-0.2, -0.15) is 4.31 Å². The molecule has 1 aliphatic rings. The zero-order chi connectivity index (χ0) is 15.1. The second kappa shape index (κ2) is 5.02. The van der Waals surface area contributed by atoms with Crippen molar-refractivity contribution in [3.05, 3.63) is 23.5 Å². The molecule has 0 spiro atoms. The first-order chi connectivity index (χ1) is 9.25. The summed E-state index contributed by atoms with van der Waals surface area (Å²) in [4.78, 5) is 11.3. The lowest BCUT2D eigenvalue weighted by molar-refractivity contribution is -0.126. The topological polar surface area (TPSA) is 92.5 Å². The monoisotopic (exact) mass is 301 g/mol. The fraction of sp³-hybridized carbons (Fsp3) is 0.417. The number of halogens is 1. The van der Waals surface area contributed by atoms with E-state index < -0.39 is 21.9 Å². The summed E-state index contributed by atoms with van der Waals surface area (Å²) >= 11 is 0. The largest absolute Gasteiger partial charge is 0.398 e. The maximum Gasteiger partial charge on any atom is 0.244 e. The van der Waals surface area contributed by atoms with E-state index in [4.69, 9.17) is 5.73 Å². The molecule has 20 heavy (non-hydrogen) atoms. The molecule has 1 amide bonds. The number of rotatable bonds is 2. The zero-order valence-electron chi connectivity index (χ0n) is 11.2. The molecule has 1 fully saturated rings. The van der Waals surface area contributed by atoms with E-state index in [0.717, 1.165) is 10.4 Å². The predicted molar refractivity (Wildman–Crippen MR) is 71.9 cm³/mol. The molecule has 1 saturated heterocycles. The van der Waals surface area contributed by atoms with Crippen molar-refractivity contribution in [1.82, 2.24) is 9.62 Å². The van der Waals surface area contributed by atoms with Crippen LogP contribution in [0.5, 0.6) is 0 Å². The molecular formula is C12H16FN3O3S. The van der Waals surface area contributed by atoms with Crippen LogP contribution in [0.3, 0.4) is 0 Å². The Kier molecular flexibility index (Phi) is 3.70. The number of hydrogen-bond donors (Lipinski definition) is 2. The van der Waals surface area contributed by atoms with E-state index in [1.165, 1.54) is 19.9 Å². The van der Waals surface area contributed by atoms with Gasteiger partial charge in [-0.25, -0.2) is 12.8 Å². The van der Waals surface area contributed by atoms with Crippen LogP contribution in [0, 0.1) is 12.7 Å². The van der Waals surface area contributed by atoms with Crippen LogP contribution in [0.15, 0.2) is 17.0 Å². The van der Waals surface area contributed by atoms with Gasteiger partial charge in [-0.15, -0.1) is 0 Å². The van der Waals surface area contributed by atoms with Gasteiger partial charge in [-0.3, -0.25) is 4.79 Å². The lowest BCUT2D eigenvalue weighted by atomic mass is 10.2. The summed E-state index contributed by atoms with van der Waals surface area (Å²) in [5.41, 5.74) is 5.88. The van der Waals surface area contributed by atoms with Crippen LogP contribution in [0.2, 0.25) is 0 Å². The summed E-state index contributed by atoms with van der Waals surface area (Å²) in [5, 5.41) is 2.57. The molecule has 0 aliphatic carbocycles. The van der Waals surface area contributed by atoms with Gasteiger partial charge < -0.3 is 11.1 Å². The Bertz CT molecular complexity index is 637. The van der Waals surface area contributed by atoms with Crippen molar-refractivity contribution >= 4 is 21.6 Å². The van der Waals surface area contributed by atoms with Gasteiger partial charge in [0.2, 0.25) is 15.9 Å². The lowest BCUT2D eigenvalue weighted by Gasteiger charge is -2.31. The normalized spacial score (nSPS) is 20.8. The van der Waals surface area contributed by atoms with Crippen LogP contribution in [0.4, 0.5) is 10.1 Å². The van der Waals surface area contributed by atoms with Gasteiger partial charge in [0.25, 0.3) is 0 Å². The van der Waals surface area contributed by atoms with Crippen molar-refractivity contribution in [2.75, 3.05) is 18.8 Å². The number of carbonyl (C=O) groups is 1. The second-order valence-corrected chi connectivity index (χ2v) is 6.59. The van der Waals surface area contributed by atoms with Crippen LogP contribution in [0.25, 0.3) is 0 Å². The predicted octanol–water partition coefficient (Wildman–Crippen LogP) is 0.225. The third-order valence-corrected chi connectivity index (χ3v) is 5.36. The molecule has 1 unspecified atom stereocenters. The highest BCUT2D eigenvalue weighted by molar-refractivity contribution is 7.89. The van der Waals surface area contributed by atoms with Crippen molar-refractivity contribution in [3.8, 4) is 0 Å². The van der Waals surface area contributed by atoms with Crippen LogP contribution in [0.1, 0.15) is 12.5 Å². The minimum atomic E-state index is -3.95. The molecule has 1 heterocycles. The van der Waals surface area contributed by atoms with Gasteiger partial charge in [-0.1, -0.05) is 0 Å². The van der Waals surface area contributed by atoms with Crippen LogP contribution in [-0.2, 0) is 14.8 Å². The van der Waals surface area contributed by atoms with E-state index in [1.54, 1.807) is 0 Å². The highest BCUT2D eigenvalue weighted by Gasteiger charge is 2.35. The number of nitrogen functional groups attached to an aromatic ring is 1. The molecule has 6 nitrogen and oxygen atoms in total. The summed E-state index contributed by atoms with van der Waals surface area (Å²) in [6.07, 6.45) is 0. The second-order valence-electron chi connectivity index (χ2n) is 4.70. The minimum absolute atomic E-state index is 0.0673. The van der Waals surface area contributed by atoms with Crippen molar-refractivity contribution < 1.29 is 17.6 Å². The fourth-order valence-corrected chi connectivity index (χ4v) is 3.69. The maximum atomic E-state index is 13.7. The summed E-state index contributed by atoms with van der Waals surface area (Å²) < 4.78 is 39.7. The molecule has 0 radical (unpaired) electrons. The summed E-state index contributed by atoms with van der Waals surface area (Å²) in [6.45, 7) is 3.33. The Labute approximate surface area is 116 Å². The Morgan fingerprint density at radius 3 is 2.70 bits per heavy atom. The summed E-state index contributed by atoms with van der Waals surface area (Å²) in [6, 6.07) is 1.31. The van der Waals surface area contributed by atoms with Gasteiger partial charge >= 0.3 is 0 Å². The number of hydrogen-bond acceptors (Lipinski definition) is 4. The van der Waals surface area contributed by atoms with Crippen molar-refractivity contribution in [2.45, 2.75) is 24.8 Å². The van der Waals surface area contributed by atoms with Crippen LogP contribution < -0.4 is 11.1 Å². The summed E-state index contributed by atoms with van der Waals surface area (Å²) in [7, 11) is -3.95. The number of benzene rings is 1. The number of piperazine rings is 1. The molecule has 110 valence electrons. The molecule has 3 N–H and O–H groups in total. The first-order valence-corrected chi connectivity index (χ1v) is 7.54. The van der Waals surface area contributed by atoms with E-state index in [0.29, 0.717) is 0 Å². The smallest absolute Gasteiger partial charge is 0.244 e. The molecule has 1 aliphatic heterocycles. The van der Waals surface area contributed by atoms with E-state index in [1.807, 2.05) is 0 Å². The first kappa shape index (κ1) is 14.7. The van der Waals surface area contributed by atoms with Crippen molar-refractivity contribution in [2.24, 2.45) is 0 Å². The van der Waals surface area contributed by atoms with Gasteiger partial charge in [0.15, 0.2) is 0 Å². The molecule has 0 aromatic heterocycles. The average Bonchev–Trinajstić information content (AvgIpc) is 2.38. The number of amides is 1. The average molecular weight is 301 g/mol.